The van der Waals surface area contributed by atoms with Crippen molar-refractivity contribution in [2.75, 3.05) is 19.0 Å². The molecular formula is C26H20Cl2N2O5S. The molecular weight excluding hydrogens is 523 g/mol. The van der Waals surface area contributed by atoms with E-state index in [9.17, 15) is 14.4 Å². The van der Waals surface area contributed by atoms with Crippen LogP contribution in [0.15, 0.2) is 71.6 Å². The molecule has 0 spiro atoms. The summed E-state index contributed by atoms with van der Waals surface area (Å²) in [5, 5.41) is 3.20. The molecule has 7 nitrogen and oxygen atoms in total. The minimum Gasteiger partial charge on any atom is -0.493 e. The second-order valence-corrected chi connectivity index (χ2v) is 9.52. The van der Waals surface area contributed by atoms with Crippen molar-refractivity contribution >= 4 is 63.8 Å². The van der Waals surface area contributed by atoms with Gasteiger partial charge >= 0.3 is 0 Å². The van der Waals surface area contributed by atoms with E-state index in [4.69, 9.17) is 32.7 Å². The number of nitrogens with one attached hydrogen (secondary N) is 1. The quantitative estimate of drug-likeness (QED) is 0.338. The molecule has 0 aliphatic carbocycles. The Morgan fingerprint density at radius 3 is 2.50 bits per heavy atom. The number of hydrogen-bond donors (Lipinski definition) is 1. The molecule has 0 aromatic heterocycles. The van der Waals surface area contributed by atoms with Gasteiger partial charge in [0.15, 0.2) is 11.5 Å². The number of thioether (sulfide) groups is 1. The fourth-order valence-electron chi connectivity index (χ4n) is 3.33. The van der Waals surface area contributed by atoms with Gasteiger partial charge in [0, 0.05) is 15.7 Å². The molecule has 1 aliphatic rings. The zero-order chi connectivity index (χ0) is 25.7. The Balaban J connectivity index is 1.42. The minimum atomic E-state index is -0.548. The molecule has 1 heterocycles. The second kappa shape index (κ2) is 11.5. The van der Waals surface area contributed by atoms with Crippen LogP contribution in [0.4, 0.5) is 10.5 Å². The molecule has 10 heteroatoms. The average Bonchev–Trinajstić information content (AvgIpc) is 3.11. The second-order valence-electron chi connectivity index (χ2n) is 7.65. The van der Waals surface area contributed by atoms with E-state index in [-0.39, 0.29) is 4.91 Å². The first-order chi connectivity index (χ1) is 17.3. The summed E-state index contributed by atoms with van der Waals surface area (Å²) in [4.78, 5) is 38.7. The smallest absolute Gasteiger partial charge is 0.294 e. The molecule has 0 radical (unpaired) electrons. The van der Waals surface area contributed by atoms with Gasteiger partial charge in [0.05, 0.1) is 12.0 Å². The number of amides is 3. The molecule has 4 rings (SSSR count). The number of imide groups is 1. The third-order valence-corrected chi connectivity index (χ3v) is 6.47. The van der Waals surface area contributed by atoms with Crippen molar-refractivity contribution in [1.29, 1.82) is 0 Å². The van der Waals surface area contributed by atoms with Crippen molar-refractivity contribution in [2.45, 2.75) is 6.61 Å². The Hall–Kier alpha value is -3.46. The van der Waals surface area contributed by atoms with Crippen molar-refractivity contribution in [1.82, 2.24) is 4.90 Å². The molecule has 36 heavy (non-hydrogen) atoms. The van der Waals surface area contributed by atoms with Crippen LogP contribution in [-0.2, 0) is 16.2 Å². The number of halogens is 2. The van der Waals surface area contributed by atoms with E-state index in [1.54, 1.807) is 60.7 Å². The van der Waals surface area contributed by atoms with Crippen LogP contribution >= 0.6 is 35.0 Å². The van der Waals surface area contributed by atoms with Gasteiger partial charge in [-0.2, -0.15) is 0 Å². The monoisotopic (exact) mass is 542 g/mol. The number of benzene rings is 3. The number of ether oxygens (including phenoxy) is 2. The molecule has 0 saturated carbocycles. The van der Waals surface area contributed by atoms with Crippen molar-refractivity contribution < 1.29 is 23.9 Å². The highest BCUT2D eigenvalue weighted by atomic mass is 35.5. The van der Waals surface area contributed by atoms with E-state index in [1.807, 2.05) is 12.1 Å². The van der Waals surface area contributed by atoms with Crippen LogP contribution in [0.25, 0.3) is 6.08 Å². The first-order valence-electron chi connectivity index (χ1n) is 10.7. The molecule has 1 fully saturated rings. The van der Waals surface area contributed by atoms with Crippen LogP contribution in [0.5, 0.6) is 11.5 Å². The summed E-state index contributed by atoms with van der Waals surface area (Å²) in [5.41, 5.74) is 2.05. The summed E-state index contributed by atoms with van der Waals surface area (Å²) < 4.78 is 11.3. The van der Waals surface area contributed by atoms with Gasteiger partial charge in [-0.15, -0.1) is 0 Å². The predicted molar refractivity (Wildman–Crippen MR) is 142 cm³/mol. The van der Waals surface area contributed by atoms with Gasteiger partial charge in [-0.25, -0.2) is 0 Å². The third kappa shape index (κ3) is 6.40. The molecule has 0 atom stereocenters. The van der Waals surface area contributed by atoms with Gasteiger partial charge < -0.3 is 14.8 Å². The van der Waals surface area contributed by atoms with Crippen molar-refractivity contribution in [3.8, 4) is 11.5 Å². The summed E-state index contributed by atoms with van der Waals surface area (Å²) in [6, 6.07) is 19.1. The van der Waals surface area contributed by atoms with Gasteiger partial charge in [-0.05, 0) is 71.4 Å². The molecule has 3 aromatic carbocycles. The van der Waals surface area contributed by atoms with Crippen LogP contribution in [0.2, 0.25) is 10.0 Å². The van der Waals surface area contributed by atoms with Crippen LogP contribution in [0, 0.1) is 0 Å². The van der Waals surface area contributed by atoms with E-state index >= 15 is 0 Å². The largest absolute Gasteiger partial charge is 0.493 e. The topological polar surface area (TPSA) is 84.9 Å². The first-order valence-corrected chi connectivity index (χ1v) is 12.3. The van der Waals surface area contributed by atoms with E-state index in [2.05, 4.69) is 5.32 Å². The fourth-order valence-corrected chi connectivity index (χ4v) is 4.49. The predicted octanol–water partition coefficient (Wildman–Crippen LogP) is 6.26. The van der Waals surface area contributed by atoms with Crippen LogP contribution in [0.1, 0.15) is 11.1 Å². The van der Waals surface area contributed by atoms with Crippen molar-refractivity contribution in [2.24, 2.45) is 0 Å². The highest BCUT2D eigenvalue weighted by Crippen LogP contribution is 2.35. The maximum Gasteiger partial charge on any atom is 0.294 e. The number of rotatable bonds is 8. The van der Waals surface area contributed by atoms with E-state index < -0.39 is 23.6 Å². The van der Waals surface area contributed by atoms with E-state index in [0.29, 0.717) is 39.4 Å². The molecule has 184 valence electrons. The van der Waals surface area contributed by atoms with Crippen LogP contribution in [0.3, 0.4) is 0 Å². The molecule has 3 amide bonds. The van der Waals surface area contributed by atoms with Crippen LogP contribution < -0.4 is 14.8 Å². The third-order valence-electron chi connectivity index (χ3n) is 5.08. The highest BCUT2D eigenvalue weighted by molar-refractivity contribution is 8.18. The van der Waals surface area contributed by atoms with E-state index in [0.717, 1.165) is 22.2 Å². The number of methoxy groups -OCH3 is 1. The SMILES string of the molecule is COc1cc(/C=C2/SC(=O)N(CC(=O)Nc3cccc(Cl)c3)C2=O)ccc1OCc1ccc(Cl)cc1. The number of hydrogen-bond acceptors (Lipinski definition) is 6. The Bertz CT molecular complexity index is 1340. The molecule has 3 aromatic rings. The van der Waals surface area contributed by atoms with Crippen LogP contribution in [-0.4, -0.2) is 35.6 Å². The zero-order valence-electron chi connectivity index (χ0n) is 19.0. The van der Waals surface area contributed by atoms with Gasteiger partial charge in [0.2, 0.25) is 5.91 Å². The lowest BCUT2D eigenvalue weighted by Crippen LogP contribution is -2.36. The molecule has 1 saturated heterocycles. The highest BCUT2D eigenvalue weighted by Gasteiger charge is 2.36. The number of anilines is 1. The maximum absolute atomic E-state index is 12.8. The Kier molecular flexibility index (Phi) is 8.20. The number of carbonyl (C=O) groups excluding carboxylic acids is 3. The lowest BCUT2D eigenvalue weighted by molar-refractivity contribution is -0.127. The molecule has 1 aliphatic heterocycles. The molecule has 0 unspecified atom stereocenters. The fraction of sp³-hybridized carbons (Fsp3) is 0.115. The Labute approximate surface area is 222 Å². The molecule has 0 bridgehead atoms. The summed E-state index contributed by atoms with van der Waals surface area (Å²) in [7, 11) is 1.51. The van der Waals surface area contributed by atoms with Gasteiger partial charge in [-0.1, -0.05) is 47.5 Å². The first kappa shape index (κ1) is 25.6. The normalized spacial score (nSPS) is 14.3. The Morgan fingerprint density at radius 2 is 1.78 bits per heavy atom. The summed E-state index contributed by atoms with van der Waals surface area (Å²) in [5.74, 6) is -0.0637. The van der Waals surface area contributed by atoms with E-state index in [1.165, 1.54) is 7.11 Å². The standard InChI is InChI=1S/C26H20Cl2N2O5S/c1-34-22-11-17(7-10-21(22)35-15-16-5-8-18(27)9-6-16)12-23-25(32)30(26(33)36-23)14-24(31)29-20-4-2-3-19(28)13-20/h2-13H,14-15H2,1H3,(H,29,31)/b23-12+. The van der Waals surface area contributed by atoms with Gasteiger partial charge in [-0.3, -0.25) is 19.3 Å². The average molecular weight is 543 g/mol. The summed E-state index contributed by atoms with van der Waals surface area (Å²) >= 11 is 12.6. The maximum atomic E-state index is 12.8. The summed E-state index contributed by atoms with van der Waals surface area (Å²) in [6.07, 6.45) is 1.57. The lowest BCUT2D eigenvalue weighted by Gasteiger charge is -2.13. The van der Waals surface area contributed by atoms with Gasteiger partial charge in [0.25, 0.3) is 11.1 Å². The number of carbonyl (C=O) groups is 3. The van der Waals surface area contributed by atoms with Gasteiger partial charge in [0.1, 0.15) is 13.2 Å². The number of nitrogens with zero attached hydrogens (tertiary/aromatic N) is 1. The summed E-state index contributed by atoms with van der Waals surface area (Å²) in [6.45, 7) is -0.0850. The van der Waals surface area contributed by atoms with Crippen molar-refractivity contribution in [3.63, 3.8) is 0 Å². The minimum absolute atomic E-state index is 0.201. The zero-order valence-corrected chi connectivity index (χ0v) is 21.3. The molecule has 1 N–H and O–H groups in total. The Morgan fingerprint density at radius 1 is 1.00 bits per heavy atom. The van der Waals surface area contributed by atoms with Crippen molar-refractivity contribution in [3.05, 3.63) is 92.8 Å². The lowest BCUT2D eigenvalue weighted by atomic mass is 10.1.